The molecule has 1 fully saturated rings. The molecule has 7 nitrogen and oxygen atoms in total. The highest BCUT2D eigenvalue weighted by molar-refractivity contribution is 7.99. The highest BCUT2D eigenvalue weighted by Crippen LogP contribution is 2.27. The molecule has 0 spiro atoms. The first-order valence-electron chi connectivity index (χ1n) is 10.6. The van der Waals surface area contributed by atoms with E-state index in [0.717, 1.165) is 5.56 Å². The maximum atomic E-state index is 14.5. The summed E-state index contributed by atoms with van der Waals surface area (Å²) >= 11 is 1.22. The molecule has 33 heavy (non-hydrogen) atoms. The van der Waals surface area contributed by atoms with E-state index in [2.05, 4.69) is 10.2 Å². The standard InChI is InChI=1S/C23H25FN4O3S2/c1-27(18-12-14-33(30,31)16-18)21(29)15-32-23-26-25-22(19-9-5-6-10-20(19)24)28(23)13-11-17-7-3-2-4-8-17/h2-10,18H,11-16H2,1H3. The van der Waals surface area contributed by atoms with Crippen molar-refractivity contribution in [2.45, 2.75) is 30.6 Å². The van der Waals surface area contributed by atoms with Crippen LogP contribution >= 0.6 is 11.8 Å². The van der Waals surface area contributed by atoms with Crippen molar-refractivity contribution in [3.63, 3.8) is 0 Å². The molecular formula is C23H25FN4O3S2. The maximum Gasteiger partial charge on any atom is 0.233 e. The van der Waals surface area contributed by atoms with Gasteiger partial charge in [0.2, 0.25) is 5.91 Å². The van der Waals surface area contributed by atoms with Crippen LogP contribution in [0, 0.1) is 5.82 Å². The minimum atomic E-state index is -3.08. The Kier molecular flexibility index (Phi) is 7.14. The fourth-order valence-electron chi connectivity index (χ4n) is 3.84. The molecule has 1 unspecified atom stereocenters. The van der Waals surface area contributed by atoms with Gasteiger partial charge in [-0.3, -0.25) is 4.79 Å². The molecular weight excluding hydrogens is 463 g/mol. The summed E-state index contributed by atoms with van der Waals surface area (Å²) in [5, 5.41) is 8.99. The number of rotatable bonds is 8. The molecule has 0 aliphatic carbocycles. The zero-order valence-corrected chi connectivity index (χ0v) is 19.9. The summed E-state index contributed by atoms with van der Waals surface area (Å²) in [7, 11) is -1.44. The molecule has 1 amide bonds. The van der Waals surface area contributed by atoms with Gasteiger partial charge in [0, 0.05) is 19.6 Å². The maximum absolute atomic E-state index is 14.5. The van der Waals surface area contributed by atoms with Crippen molar-refractivity contribution in [1.29, 1.82) is 0 Å². The molecule has 0 saturated carbocycles. The number of hydrogen-bond donors (Lipinski definition) is 0. The van der Waals surface area contributed by atoms with Crippen molar-refractivity contribution < 1.29 is 17.6 Å². The van der Waals surface area contributed by atoms with Gasteiger partial charge in [-0.1, -0.05) is 54.2 Å². The van der Waals surface area contributed by atoms with Crippen LogP contribution in [0.25, 0.3) is 11.4 Å². The van der Waals surface area contributed by atoms with Gasteiger partial charge in [-0.25, -0.2) is 12.8 Å². The first-order valence-corrected chi connectivity index (χ1v) is 13.5. The lowest BCUT2D eigenvalue weighted by atomic mass is 10.1. The SMILES string of the molecule is CN(C(=O)CSc1nnc(-c2ccccc2F)n1CCc1ccccc1)C1CCS(=O)(=O)C1. The number of hydrogen-bond acceptors (Lipinski definition) is 6. The summed E-state index contributed by atoms with van der Waals surface area (Å²) in [5.74, 6) is 0.0581. The summed E-state index contributed by atoms with van der Waals surface area (Å²) in [5.41, 5.74) is 1.48. The minimum Gasteiger partial charge on any atom is -0.341 e. The number of benzene rings is 2. The summed E-state index contributed by atoms with van der Waals surface area (Å²) < 4.78 is 39.8. The van der Waals surface area contributed by atoms with E-state index >= 15 is 0 Å². The van der Waals surface area contributed by atoms with Gasteiger partial charge in [-0.05, 0) is 30.5 Å². The third kappa shape index (κ3) is 5.62. The Bertz CT molecular complexity index is 1230. The highest BCUT2D eigenvalue weighted by Gasteiger charge is 2.32. The minimum absolute atomic E-state index is 0.00456. The van der Waals surface area contributed by atoms with E-state index < -0.39 is 9.84 Å². The predicted octanol–water partition coefficient (Wildman–Crippen LogP) is 3.06. The summed E-state index contributed by atoms with van der Waals surface area (Å²) in [6.07, 6.45) is 1.15. The van der Waals surface area contributed by atoms with Crippen LogP contribution in [0.15, 0.2) is 59.8 Å². The van der Waals surface area contributed by atoms with Crippen LogP contribution in [0.5, 0.6) is 0 Å². The molecule has 2 aromatic carbocycles. The second kappa shape index (κ2) is 10.0. The molecule has 1 aliphatic rings. The lowest BCUT2D eigenvalue weighted by Gasteiger charge is -2.23. The van der Waals surface area contributed by atoms with Crippen LogP contribution in [0.2, 0.25) is 0 Å². The Hall–Kier alpha value is -2.72. The van der Waals surface area contributed by atoms with Crippen LogP contribution in [0.1, 0.15) is 12.0 Å². The second-order valence-corrected chi connectivity index (χ2v) is 11.2. The zero-order chi connectivity index (χ0) is 23.4. The van der Waals surface area contributed by atoms with E-state index in [9.17, 15) is 17.6 Å². The van der Waals surface area contributed by atoms with Crippen molar-refractivity contribution in [3.8, 4) is 11.4 Å². The average molecular weight is 489 g/mol. The summed E-state index contributed by atoms with van der Waals surface area (Å²) in [6, 6.07) is 16.0. The van der Waals surface area contributed by atoms with Gasteiger partial charge in [0.05, 0.1) is 22.8 Å². The van der Waals surface area contributed by atoms with Crippen LogP contribution < -0.4 is 0 Å². The summed E-state index contributed by atoms with van der Waals surface area (Å²) in [6.45, 7) is 0.522. The molecule has 0 bridgehead atoms. The van der Waals surface area contributed by atoms with Crippen molar-refractivity contribution in [2.75, 3.05) is 24.3 Å². The third-order valence-corrected chi connectivity index (χ3v) is 8.47. The van der Waals surface area contributed by atoms with E-state index in [1.54, 1.807) is 25.2 Å². The van der Waals surface area contributed by atoms with Crippen molar-refractivity contribution in [2.24, 2.45) is 0 Å². The Balaban J connectivity index is 1.52. The first kappa shape index (κ1) is 23.4. The van der Waals surface area contributed by atoms with Gasteiger partial charge >= 0.3 is 0 Å². The Morgan fingerprint density at radius 1 is 1.15 bits per heavy atom. The van der Waals surface area contributed by atoms with Crippen molar-refractivity contribution in [3.05, 3.63) is 66.0 Å². The van der Waals surface area contributed by atoms with E-state index in [-0.39, 0.29) is 35.0 Å². The Morgan fingerprint density at radius 2 is 1.88 bits per heavy atom. The van der Waals surface area contributed by atoms with Gasteiger partial charge in [-0.15, -0.1) is 10.2 Å². The molecule has 1 atom stereocenters. The normalized spacial score (nSPS) is 17.2. The first-order chi connectivity index (χ1) is 15.8. The molecule has 10 heteroatoms. The third-order valence-electron chi connectivity index (χ3n) is 5.77. The quantitative estimate of drug-likeness (QED) is 0.453. The number of thioether (sulfide) groups is 1. The molecule has 2 heterocycles. The van der Waals surface area contributed by atoms with Gasteiger partial charge in [0.15, 0.2) is 20.8 Å². The molecule has 0 N–H and O–H groups in total. The van der Waals surface area contributed by atoms with Crippen molar-refractivity contribution >= 4 is 27.5 Å². The van der Waals surface area contributed by atoms with Crippen molar-refractivity contribution in [1.82, 2.24) is 19.7 Å². The highest BCUT2D eigenvalue weighted by atomic mass is 32.2. The zero-order valence-electron chi connectivity index (χ0n) is 18.2. The number of amides is 1. The molecule has 1 saturated heterocycles. The molecule has 1 aliphatic heterocycles. The topological polar surface area (TPSA) is 85.2 Å². The monoisotopic (exact) mass is 488 g/mol. The van der Waals surface area contributed by atoms with Gasteiger partial charge in [0.1, 0.15) is 5.82 Å². The number of carbonyl (C=O) groups is 1. The number of aryl methyl sites for hydroxylation is 1. The van der Waals surface area contributed by atoms with E-state index in [1.165, 1.54) is 22.7 Å². The Morgan fingerprint density at radius 3 is 2.58 bits per heavy atom. The van der Waals surface area contributed by atoms with E-state index in [0.29, 0.717) is 35.9 Å². The number of sulfone groups is 1. The van der Waals surface area contributed by atoms with Gasteiger partial charge in [0.25, 0.3) is 0 Å². The fourth-order valence-corrected chi connectivity index (χ4v) is 6.50. The molecule has 4 rings (SSSR count). The second-order valence-electron chi connectivity index (χ2n) is 8.02. The smallest absolute Gasteiger partial charge is 0.233 e. The number of nitrogens with zero attached hydrogens (tertiary/aromatic N) is 4. The lowest BCUT2D eigenvalue weighted by Crippen LogP contribution is -2.38. The van der Waals surface area contributed by atoms with Crippen LogP contribution in [0.4, 0.5) is 4.39 Å². The Labute approximate surface area is 196 Å². The average Bonchev–Trinajstić information content (AvgIpc) is 3.39. The van der Waals surface area contributed by atoms with Gasteiger partial charge < -0.3 is 9.47 Å². The number of carbonyl (C=O) groups excluding carboxylic acids is 1. The molecule has 174 valence electrons. The van der Waals surface area contributed by atoms with E-state index in [1.807, 2.05) is 34.9 Å². The molecule has 3 aromatic rings. The van der Waals surface area contributed by atoms with Crippen LogP contribution in [0.3, 0.4) is 0 Å². The predicted molar refractivity (Wildman–Crippen MR) is 126 cm³/mol. The summed E-state index contributed by atoms with van der Waals surface area (Å²) in [4.78, 5) is 14.2. The fraction of sp³-hybridized carbons (Fsp3) is 0.348. The van der Waals surface area contributed by atoms with Gasteiger partial charge in [-0.2, -0.15) is 0 Å². The number of aromatic nitrogens is 3. The lowest BCUT2D eigenvalue weighted by molar-refractivity contribution is -0.128. The van der Waals surface area contributed by atoms with Crippen LogP contribution in [-0.4, -0.2) is 64.3 Å². The largest absolute Gasteiger partial charge is 0.341 e. The molecule has 1 aromatic heterocycles. The van der Waals surface area contributed by atoms with E-state index in [4.69, 9.17) is 0 Å². The number of halogens is 1. The molecule has 0 radical (unpaired) electrons. The van der Waals surface area contributed by atoms with Crippen LogP contribution in [-0.2, 0) is 27.6 Å².